The average molecular weight is 971 g/mol. The van der Waals surface area contributed by atoms with Crippen LogP contribution in [0, 0.1) is 5.92 Å². The molecule has 1 aromatic carbocycles. The zero-order valence-corrected chi connectivity index (χ0v) is 36.3. The van der Waals surface area contributed by atoms with Crippen molar-refractivity contribution in [3.05, 3.63) is 47.6 Å². The van der Waals surface area contributed by atoms with Gasteiger partial charge in [0.15, 0.2) is 11.8 Å². The highest BCUT2D eigenvalue weighted by Gasteiger charge is 2.54. The second-order valence-corrected chi connectivity index (χ2v) is 16.9. The van der Waals surface area contributed by atoms with Gasteiger partial charge in [-0.1, -0.05) is 99.1 Å². The number of carbonyl (C=O) groups is 2. The Morgan fingerprint density at radius 2 is 1.57 bits per heavy atom. The Hall–Kier alpha value is -1.61. The average Bonchev–Trinajstić information content (AvgIpc) is 3.33. The van der Waals surface area contributed by atoms with Gasteiger partial charge in [-0.15, -0.1) is 0 Å². The van der Waals surface area contributed by atoms with Crippen LogP contribution in [0.3, 0.4) is 0 Å². The number of methoxy groups -OCH3 is 1. The van der Waals surface area contributed by atoms with E-state index in [0.29, 0.717) is 52.9 Å². The van der Waals surface area contributed by atoms with Crippen LogP contribution in [0.25, 0.3) is 0 Å². The molecule has 14 heteroatoms. The number of amides is 2. The van der Waals surface area contributed by atoms with Gasteiger partial charge in [0.25, 0.3) is 5.91 Å². The molecule has 51 heavy (non-hydrogen) atoms. The molecule has 0 aromatic heterocycles. The molecule has 2 aliphatic heterocycles. The van der Waals surface area contributed by atoms with Crippen molar-refractivity contribution in [3.8, 4) is 5.75 Å². The molecule has 0 aliphatic carbocycles. The Labute approximate surface area is 336 Å². The first-order chi connectivity index (χ1) is 24.5. The molecular formula is C37H53Br4N3O7. The lowest BCUT2D eigenvalue weighted by Crippen LogP contribution is -2.49. The summed E-state index contributed by atoms with van der Waals surface area (Å²) in [7, 11) is 1.51. The van der Waals surface area contributed by atoms with Gasteiger partial charge in [0.2, 0.25) is 5.91 Å². The van der Waals surface area contributed by atoms with Crippen LogP contribution in [0.4, 0.5) is 0 Å². The number of hydrogen-bond acceptors (Lipinski definition) is 8. The number of benzene rings is 1. The number of ether oxygens (including phenoxy) is 3. The van der Waals surface area contributed by atoms with Gasteiger partial charge in [-0.2, -0.15) is 0 Å². The van der Waals surface area contributed by atoms with Crippen LogP contribution in [0.2, 0.25) is 0 Å². The van der Waals surface area contributed by atoms with Crippen LogP contribution in [-0.4, -0.2) is 61.3 Å². The van der Waals surface area contributed by atoms with Gasteiger partial charge in [0, 0.05) is 24.0 Å². The summed E-state index contributed by atoms with van der Waals surface area (Å²) >= 11 is 14.0. The predicted molar refractivity (Wildman–Crippen MR) is 215 cm³/mol. The summed E-state index contributed by atoms with van der Waals surface area (Å²) in [5, 5.41) is 20.5. The Morgan fingerprint density at radius 3 is 2.20 bits per heavy atom. The fourth-order valence-corrected chi connectivity index (χ4v) is 8.85. The monoisotopic (exact) mass is 967 g/mol. The van der Waals surface area contributed by atoms with Gasteiger partial charge in [-0.05, 0) is 90.7 Å². The molecule has 3 N–H and O–H groups in total. The number of nitrogens with one attached hydrogen (secondary N) is 2. The van der Waals surface area contributed by atoms with Crippen molar-refractivity contribution in [2.24, 2.45) is 11.1 Å². The summed E-state index contributed by atoms with van der Waals surface area (Å²) in [4.78, 5) is 30.6. The number of aliphatic hydroxyl groups is 1. The van der Waals surface area contributed by atoms with Crippen molar-refractivity contribution >= 4 is 81.2 Å². The zero-order valence-electron chi connectivity index (χ0n) is 30.0. The molecule has 0 saturated heterocycles. The lowest BCUT2D eigenvalue weighted by molar-refractivity contribution is -0.225. The van der Waals surface area contributed by atoms with Crippen molar-refractivity contribution in [3.63, 3.8) is 0 Å². The molecule has 0 radical (unpaired) electrons. The number of unbranched alkanes of at least 4 members (excludes halogenated alkanes) is 9. The summed E-state index contributed by atoms with van der Waals surface area (Å²) in [5.41, 5.74) is 0.879. The van der Waals surface area contributed by atoms with Crippen molar-refractivity contribution in [1.29, 1.82) is 0 Å². The number of aliphatic hydroxyl groups excluding tert-OH is 1. The van der Waals surface area contributed by atoms with E-state index in [9.17, 15) is 14.7 Å². The molecule has 1 aromatic rings. The molecule has 3 rings (SSSR count). The summed E-state index contributed by atoms with van der Waals surface area (Å²) in [6.07, 6.45) is 15.8. The minimum atomic E-state index is -1.60. The number of allylic oxidation sites excluding steroid dienone is 1. The number of carbonyl (C=O) groups excluding carboxylic acids is 2. The molecule has 0 fully saturated rings. The molecule has 2 amide bonds. The highest BCUT2D eigenvalue weighted by molar-refractivity contribution is 9.12. The van der Waals surface area contributed by atoms with Gasteiger partial charge < -0.3 is 34.8 Å². The first-order valence-electron chi connectivity index (χ1n) is 18.0. The predicted octanol–water partition coefficient (Wildman–Crippen LogP) is 9.45. The van der Waals surface area contributed by atoms with Crippen molar-refractivity contribution in [2.75, 3.05) is 26.8 Å². The van der Waals surface area contributed by atoms with Crippen LogP contribution >= 0.6 is 63.7 Å². The molecule has 0 saturated carbocycles. The standard InChI is InChI=1S/C37H53Br4N3O7/c1-25(2)15-12-10-8-6-4-5-7-9-11-13-16-31(45)42-19-17-26-21-27(38)34(28(39)22-26)49-20-14-18-43-36(47)32-35(46)37(51-44-32)23-29(40)33(48-3)30(41)24-50-37/h21-22,24-25,35,46H,4-20,23H2,1-3H3,(H,42,45)(H,43,47)/t35-,37+/m0/s1. The van der Waals surface area contributed by atoms with Crippen molar-refractivity contribution in [1.82, 2.24) is 10.6 Å². The minimum absolute atomic E-state index is 0.0629. The molecular weight excluding hydrogens is 918 g/mol. The van der Waals surface area contributed by atoms with Crippen LogP contribution in [0.1, 0.15) is 109 Å². The molecule has 2 aliphatic rings. The Balaban J connectivity index is 1.26. The van der Waals surface area contributed by atoms with E-state index in [1.807, 2.05) is 12.1 Å². The van der Waals surface area contributed by atoms with E-state index in [-0.39, 0.29) is 24.6 Å². The van der Waals surface area contributed by atoms with Gasteiger partial charge in [0.05, 0.1) is 33.6 Å². The Morgan fingerprint density at radius 1 is 0.941 bits per heavy atom. The second kappa shape index (κ2) is 23.2. The van der Waals surface area contributed by atoms with E-state index in [4.69, 9.17) is 19.0 Å². The third-order valence-corrected chi connectivity index (χ3v) is 11.1. The van der Waals surface area contributed by atoms with Crippen LogP contribution in [0.15, 0.2) is 47.2 Å². The highest BCUT2D eigenvalue weighted by atomic mass is 79.9. The molecule has 0 unspecified atom stereocenters. The number of oxime groups is 1. The summed E-state index contributed by atoms with van der Waals surface area (Å²) in [6.45, 7) is 5.79. The fourth-order valence-electron chi connectivity index (χ4n) is 5.82. The van der Waals surface area contributed by atoms with Gasteiger partial charge in [-0.3, -0.25) is 9.59 Å². The van der Waals surface area contributed by atoms with Crippen LogP contribution in [0.5, 0.6) is 5.75 Å². The van der Waals surface area contributed by atoms with E-state index >= 15 is 0 Å². The number of rotatable bonds is 23. The van der Waals surface area contributed by atoms with E-state index in [1.54, 1.807) is 0 Å². The van der Waals surface area contributed by atoms with Crippen molar-refractivity contribution in [2.45, 2.75) is 122 Å². The number of nitrogens with zero attached hydrogens (tertiary/aromatic N) is 1. The number of halogens is 4. The molecule has 2 atom stereocenters. The quantitative estimate of drug-likeness (QED) is 0.0934. The first-order valence-corrected chi connectivity index (χ1v) is 21.2. The van der Waals surface area contributed by atoms with Crippen LogP contribution < -0.4 is 15.4 Å². The SMILES string of the molecule is COC1=C(Br)C[C@@]2(OC=C1Br)ON=C(C(=O)NCCCOc1c(Br)cc(CCNC(=O)CCCCCCCCCCCCC(C)C)cc1Br)[C@@H]2O. The highest BCUT2D eigenvalue weighted by Crippen LogP contribution is 2.41. The van der Waals surface area contributed by atoms with Gasteiger partial charge in [-0.25, -0.2) is 0 Å². The molecule has 2 heterocycles. The topological polar surface area (TPSA) is 128 Å². The molecule has 286 valence electrons. The normalized spacial score (nSPS) is 18.6. The maximum Gasteiger partial charge on any atom is 0.311 e. The fraction of sp³-hybridized carbons (Fsp3) is 0.649. The summed E-state index contributed by atoms with van der Waals surface area (Å²) in [6, 6.07) is 3.98. The first kappa shape index (κ1) is 43.8. The van der Waals surface area contributed by atoms with Gasteiger partial charge in [0.1, 0.15) is 17.8 Å². The smallest absolute Gasteiger partial charge is 0.311 e. The van der Waals surface area contributed by atoms with E-state index in [2.05, 4.69) is 93.4 Å². The number of hydrogen-bond donors (Lipinski definition) is 3. The maximum absolute atomic E-state index is 12.8. The van der Waals surface area contributed by atoms with E-state index < -0.39 is 17.8 Å². The third-order valence-electron chi connectivity index (χ3n) is 8.72. The second-order valence-electron chi connectivity index (χ2n) is 13.4. The van der Waals surface area contributed by atoms with Crippen molar-refractivity contribution < 1.29 is 33.7 Å². The molecule has 10 nitrogen and oxygen atoms in total. The Kier molecular flexibility index (Phi) is 20.0. The van der Waals surface area contributed by atoms with Crippen LogP contribution in [-0.2, 0) is 30.3 Å². The lowest BCUT2D eigenvalue weighted by Gasteiger charge is -2.27. The third kappa shape index (κ3) is 14.6. The minimum Gasteiger partial charge on any atom is -0.495 e. The van der Waals surface area contributed by atoms with E-state index in [1.165, 1.54) is 71.2 Å². The van der Waals surface area contributed by atoms with Gasteiger partial charge >= 0.3 is 5.79 Å². The summed E-state index contributed by atoms with van der Waals surface area (Å²) < 4.78 is 19.7. The molecule has 1 spiro atoms. The Bertz CT molecular complexity index is 1360. The summed E-state index contributed by atoms with van der Waals surface area (Å²) in [5.74, 6) is -0.101. The zero-order chi connectivity index (χ0) is 37.2. The van der Waals surface area contributed by atoms with E-state index in [0.717, 1.165) is 33.3 Å². The largest absolute Gasteiger partial charge is 0.495 e. The molecule has 0 bridgehead atoms. The maximum atomic E-state index is 12.8. The lowest BCUT2D eigenvalue weighted by atomic mass is 10.0.